The van der Waals surface area contributed by atoms with Crippen molar-refractivity contribution in [1.29, 1.82) is 0 Å². The van der Waals surface area contributed by atoms with E-state index in [4.69, 9.17) is 9.47 Å². The van der Waals surface area contributed by atoms with Crippen LogP contribution in [0, 0.1) is 5.92 Å². The monoisotopic (exact) mass is 404 g/mol. The summed E-state index contributed by atoms with van der Waals surface area (Å²) in [4.78, 5) is 35.3. The summed E-state index contributed by atoms with van der Waals surface area (Å²) in [6.07, 6.45) is 7.93. The number of amides is 2. The van der Waals surface area contributed by atoms with E-state index in [9.17, 15) is 14.4 Å². The normalized spacial score (nSPS) is 14.1. The van der Waals surface area contributed by atoms with E-state index < -0.39 is 6.16 Å². The average Bonchev–Trinajstić information content (AvgIpc) is 2.73. The van der Waals surface area contributed by atoms with Gasteiger partial charge in [-0.2, -0.15) is 0 Å². The Kier molecular flexibility index (Phi) is 10.0. The molecule has 0 heterocycles. The number of rotatable bonds is 10. The highest BCUT2D eigenvalue weighted by Crippen LogP contribution is 2.27. The highest BCUT2D eigenvalue weighted by atomic mass is 16.7. The third-order valence-electron chi connectivity index (χ3n) is 5.05. The van der Waals surface area contributed by atoms with Gasteiger partial charge in [-0.3, -0.25) is 9.59 Å². The predicted octanol–water partition coefficient (Wildman–Crippen LogP) is 3.82. The molecule has 160 valence electrons. The molecule has 0 bridgehead atoms. The Morgan fingerprint density at radius 2 is 1.69 bits per heavy atom. The molecule has 0 radical (unpaired) electrons. The maximum atomic E-state index is 12.1. The van der Waals surface area contributed by atoms with Crippen LogP contribution in [0.15, 0.2) is 24.3 Å². The minimum atomic E-state index is -0.773. The lowest BCUT2D eigenvalue weighted by Crippen LogP contribution is -2.30. The third kappa shape index (κ3) is 8.98. The molecule has 0 spiro atoms. The molecule has 7 nitrogen and oxygen atoms in total. The standard InChI is InChI=1S/C22H32N2O5/c1-2-28-22(27)29-19-12-10-18(11-13-19)21(26)24-16-6-15-23-20(25)14-9-17-7-4-3-5-8-17/h10-13,17H,2-9,14-16H2,1H3,(H,23,25)(H,24,26). The summed E-state index contributed by atoms with van der Waals surface area (Å²) in [7, 11) is 0. The minimum Gasteiger partial charge on any atom is -0.434 e. The van der Waals surface area contributed by atoms with Crippen molar-refractivity contribution in [2.45, 2.75) is 58.3 Å². The van der Waals surface area contributed by atoms with Crippen LogP contribution >= 0.6 is 0 Å². The minimum absolute atomic E-state index is 0.0964. The van der Waals surface area contributed by atoms with Gasteiger partial charge in [-0.15, -0.1) is 0 Å². The molecular weight excluding hydrogens is 372 g/mol. The molecule has 1 aromatic carbocycles. The molecule has 0 aliphatic heterocycles. The Morgan fingerprint density at radius 3 is 2.38 bits per heavy atom. The molecule has 1 fully saturated rings. The van der Waals surface area contributed by atoms with E-state index in [1.165, 1.54) is 32.1 Å². The van der Waals surface area contributed by atoms with Crippen LogP contribution in [0.25, 0.3) is 0 Å². The van der Waals surface area contributed by atoms with Crippen LogP contribution in [0.2, 0.25) is 0 Å². The highest BCUT2D eigenvalue weighted by Gasteiger charge is 2.14. The van der Waals surface area contributed by atoms with Crippen molar-refractivity contribution >= 4 is 18.0 Å². The Morgan fingerprint density at radius 1 is 1.00 bits per heavy atom. The first-order valence-corrected chi connectivity index (χ1v) is 10.6. The molecule has 29 heavy (non-hydrogen) atoms. The Hall–Kier alpha value is -2.57. The Bertz CT molecular complexity index is 654. The lowest BCUT2D eigenvalue weighted by Gasteiger charge is -2.20. The molecule has 2 amide bonds. The van der Waals surface area contributed by atoms with E-state index in [1.54, 1.807) is 31.2 Å². The van der Waals surface area contributed by atoms with Gasteiger partial charge in [0, 0.05) is 25.1 Å². The zero-order valence-corrected chi connectivity index (χ0v) is 17.2. The fourth-order valence-corrected chi connectivity index (χ4v) is 3.44. The predicted molar refractivity (Wildman–Crippen MR) is 110 cm³/mol. The van der Waals surface area contributed by atoms with Gasteiger partial charge >= 0.3 is 6.16 Å². The summed E-state index contributed by atoms with van der Waals surface area (Å²) in [5, 5.41) is 5.74. The van der Waals surface area contributed by atoms with Gasteiger partial charge in [-0.25, -0.2) is 4.79 Å². The summed E-state index contributed by atoms with van der Waals surface area (Å²) in [6.45, 7) is 2.96. The van der Waals surface area contributed by atoms with E-state index in [1.807, 2.05) is 0 Å². The quantitative estimate of drug-likeness (QED) is 0.351. The summed E-state index contributed by atoms with van der Waals surface area (Å²) < 4.78 is 9.64. The van der Waals surface area contributed by atoms with Crippen LogP contribution in [-0.2, 0) is 9.53 Å². The van der Waals surface area contributed by atoms with E-state index in [0.717, 1.165) is 6.42 Å². The van der Waals surface area contributed by atoms with Crippen LogP contribution in [0.1, 0.15) is 68.6 Å². The van der Waals surface area contributed by atoms with Crippen molar-refractivity contribution < 1.29 is 23.9 Å². The maximum Gasteiger partial charge on any atom is 0.513 e. The topological polar surface area (TPSA) is 93.7 Å². The van der Waals surface area contributed by atoms with Gasteiger partial charge < -0.3 is 20.1 Å². The van der Waals surface area contributed by atoms with Gasteiger partial charge in [-0.1, -0.05) is 32.1 Å². The molecule has 0 unspecified atom stereocenters. The van der Waals surface area contributed by atoms with E-state index in [-0.39, 0.29) is 18.4 Å². The summed E-state index contributed by atoms with van der Waals surface area (Å²) in [6, 6.07) is 6.24. The van der Waals surface area contributed by atoms with E-state index >= 15 is 0 Å². The molecule has 2 rings (SSSR count). The molecule has 1 saturated carbocycles. The number of nitrogens with one attached hydrogen (secondary N) is 2. The largest absolute Gasteiger partial charge is 0.513 e. The molecule has 1 aromatic rings. The second-order valence-corrected chi connectivity index (χ2v) is 7.31. The summed E-state index contributed by atoms with van der Waals surface area (Å²) in [5.74, 6) is 0.911. The lowest BCUT2D eigenvalue weighted by molar-refractivity contribution is -0.121. The van der Waals surface area contributed by atoms with Gasteiger partial charge in [0.05, 0.1) is 6.61 Å². The SMILES string of the molecule is CCOC(=O)Oc1ccc(C(=O)NCCCNC(=O)CCC2CCCCC2)cc1. The van der Waals surface area contributed by atoms with Crippen molar-refractivity contribution in [3.8, 4) is 5.75 Å². The van der Waals surface area contributed by atoms with Gasteiger partial charge in [-0.05, 0) is 49.9 Å². The average molecular weight is 405 g/mol. The Labute approximate surface area is 172 Å². The van der Waals surface area contributed by atoms with E-state index in [0.29, 0.717) is 43.2 Å². The van der Waals surface area contributed by atoms with Gasteiger partial charge in [0.2, 0.25) is 5.91 Å². The number of carbonyl (C=O) groups excluding carboxylic acids is 3. The molecule has 1 aliphatic carbocycles. The summed E-state index contributed by atoms with van der Waals surface area (Å²) in [5.41, 5.74) is 0.470. The van der Waals surface area contributed by atoms with Crippen LogP contribution in [0.5, 0.6) is 5.75 Å². The highest BCUT2D eigenvalue weighted by molar-refractivity contribution is 5.94. The molecule has 2 N–H and O–H groups in total. The second kappa shape index (κ2) is 12.8. The molecule has 0 aromatic heterocycles. The molecule has 0 atom stereocenters. The first-order chi connectivity index (χ1) is 14.1. The number of hydrogen-bond donors (Lipinski definition) is 2. The zero-order valence-electron chi connectivity index (χ0n) is 17.2. The number of hydrogen-bond acceptors (Lipinski definition) is 5. The van der Waals surface area contributed by atoms with Crippen molar-refractivity contribution in [3.63, 3.8) is 0 Å². The molecule has 7 heteroatoms. The zero-order chi connectivity index (χ0) is 20.9. The van der Waals surface area contributed by atoms with Crippen molar-refractivity contribution in [2.24, 2.45) is 5.92 Å². The van der Waals surface area contributed by atoms with Crippen molar-refractivity contribution in [2.75, 3.05) is 19.7 Å². The van der Waals surface area contributed by atoms with E-state index in [2.05, 4.69) is 10.6 Å². The molecule has 1 aliphatic rings. The molecule has 0 saturated heterocycles. The maximum absolute atomic E-state index is 12.1. The number of carbonyl (C=O) groups is 3. The van der Waals surface area contributed by atoms with Crippen molar-refractivity contribution in [1.82, 2.24) is 10.6 Å². The smallest absolute Gasteiger partial charge is 0.434 e. The van der Waals surface area contributed by atoms with Crippen LogP contribution in [0.3, 0.4) is 0 Å². The van der Waals surface area contributed by atoms with Gasteiger partial charge in [0.1, 0.15) is 5.75 Å². The van der Waals surface area contributed by atoms with Crippen molar-refractivity contribution in [3.05, 3.63) is 29.8 Å². The number of ether oxygens (including phenoxy) is 2. The third-order valence-corrected chi connectivity index (χ3v) is 5.05. The summed E-state index contributed by atoms with van der Waals surface area (Å²) >= 11 is 0. The lowest BCUT2D eigenvalue weighted by atomic mass is 9.86. The fourth-order valence-electron chi connectivity index (χ4n) is 3.44. The van der Waals surface area contributed by atoms with Gasteiger partial charge in [0.25, 0.3) is 5.91 Å². The van der Waals surface area contributed by atoms with Gasteiger partial charge in [0.15, 0.2) is 0 Å². The van der Waals surface area contributed by atoms with Crippen LogP contribution in [0.4, 0.5) is 4.79 Å². The molecular formula is C22H32N2O5. The first-order valence-electron chi connectivity index (χ1n) is 10.6. The first kappa shape index (κ1) is 22.7. The Balaban J connectivity index is 1.56. The fraction of sp³-hybridized carbons (Fsp3) is 0.591. The van der Waals surface area contributed by atoms with Crippen LogP contribution < -0.4 is 15.4 Å². The number of benzene rings is 1. The second-order valence-electron chi connectivity index (χ2n) is 7.31. The van der Waals surface area contributed by atoms with Crippen LogP contribution in [-0.4, -0.2) is 37.7 Å².